The Morgan fingerprint density at radius 1 is 0.795 bits per heavy atom. The number of alkyl halides is 3. The van der Waals surface area contributed by atoms with Gasteiger partial charge in [0.1, 0.15) is 11.6 Å². The van der Waals surface area contributed by atoms with E-state index in [1.54, 1.807) is 12.3 Å². The maximum Gasteiger partial charge on any atom is 0.573 e. The van der Waals surface area contributed by atoms with Crippen LogP contribution >= 0.6 is 22.7 Å². The van der Waals surface area contributed by atoms with Gasteiger partial charge in [0.25, 0.3) is 11.4 Å². The first-order chi connectivity index (χ1) is 21.2. The van der Waals surface area contributed by atoms with Crippen LogP contribution in [-0.4, -0.2) is 16.3 Å². The van der Waals surface area contributed by atoms with E-state index in [1.165, 1.54) is 53.0 Å². The minimum absolute atomic E-state index is 0.163. The molecule has 7 rings (SSSR count). The number of rotatable bonds is 2. The van der Waals surface area contributed by atoms with E-state index in [9.17, 15) is 28.1 Å². The SMILES string of the molecule is [C-]#[N+]/C(C#N)=C1/c2cc(-c3ccc(OC(F)(F)F)cc3)cnc2-c2c1sc1c3c(sc21)/C(=C(\C#N)[N+]#[C-])c1cc(F)cnc1-3. The first-order valence-corrected chi connectivity index (χ1v) is 14.0. The number of fused-ring (bicyclic) bond motifs is 9. The monoisotopic (exact) mass is 620 g/mol. The Hall–Kier alpha value is -5.86. The van der Waals surface area contributed by atoms with Gasteiger partial charge in [-0.05, 0) is 29.8 Å². The lowest BCUT2D eigenvalue weighted by Gasteiger charge is -2.10. The van der Waals surface area contributed by atoms with Crippen LogP contribution in [0.3, 0.4) is 0 Å². The lowest BCUT2D eigenvalue weighted by molar-refractivity contribution is -0.274. The zero-order chi connectivity index (χ0) is 30.9. The molecule has 7 nitrogen and oxygen atoms in total. The van der Waals surface area contributed by atoms with Crippen molar-refractivity contribution in [1.82, 2.24) is 9.97 Å². The van der Waals surface area contributed by atoms with E-state index >= 15 is 0 Å². The number of benzene rings is 1. The average molecular weight is 621 g/mol. The van der Waals surface area contributed by atoms with Gasteiger partial charge >= 0.3 is 6.36 Å². The Balaban J connectivity index is 1.45. The molecule has 0 radical (unpaired) electrons. The van der Waals surface area contributed by atoms with Gasteiger partial charge in [0.15, 0.2) is 0 Å². The number of allylic oxidation sites excluding steroid dienone is 2. The highest BCUT2D eigenvalue weighted by atomic mass is 32.1. The Kier molecular flexibility index (Phi) is 5.88. The fourth-order valence-electron chi connectivity index (χ4n) is 5.40. The summed E-state index contributed by atoms with van der Waals surface area (Å²) in [6.07, 6.45) is -2.21. The first-order valence-electron chi connectivity index (χ1n) is 12.3. The molecule has 208 valence electrons. The Morgan fingerprint density at radius 2 is 1.32 bits per heavy atom. The number of hydrogen-bond acceptors (Lipinski definition) is 7. The Labute approximate surface area is 253 Å². The molecule has 0 amide bonds. The summed E-state index contributed by atoms with van der Waals surface area (Å²) < 4.78 is 57.5. The molecule has 0 saturated carbocycles. The van der Waals surface area contributed by atoms with Crippen molar-refractivity contribution in [2.24, 2.45) is 0 Å². The molecule has 1 aromatic carbocycles. The first kappa shape index (κ1) is 27.0. The van der Waals surface area contributed by atoms with Crippen LogP contribution < -0.4 is 4.74 Å². The van der Waals surface area contributed by atoms with Crippen molar-refractivity contribution in [3.63, 3.8) is 0 Å². The third kappa shape index (κ3) is 3.89. The summed E-state index contributed by atoms with van der Waals surface area (Å²) in [4.78, 5) is 17.0. The van der Waals surface area contributed by atoms with E-state index in [0.717, 1.165) is 15.6 Å². The summed E-state index contributed by atoms with van der Waals surface area (Å²) >= 11 is 2.60. The number of pyridine rings is 2. The smallest absolute Gasteiger partial charge is 0.406 e. The molecule has 5 aromatic rings. The molecule has 0 fully saturated rings. The molecule has 0 bridgehead atoms. The largest absolute Gasteiger partial charge is 0.573 e. The van der Waals surface area contributed by atoms with Crippen molar-refractivity contribution in [3.8, 4) is 51.5 Å². The van der Waals surface area contributed by atoms with Crippen LogP contribution in [0.5, 0.6) is 5.75 Å². The maximum absolute atomic E-state index is 14.2. The molecule has 2 aliphatic carbocycles. The number of hydrogen-bond donors (Lipinski definition) is 0. The fraction of sp³-hybridized carbons (Fsp3) is 0.0323. The number of aromatic nitrogens is 2. The Bertz CT molecular complexity index is 2320. The molecule has 13 heteroatoms. The predicted molar refractivity (Wildman–Crippen MR) is 155 cm³/mol. The molecule has 0 aliphatic heterocycles. The zero-order valence-corrected chi connectivity index (χ0v) is 23.2. The molecule has 0 saturated heterocycles. The summed E-state index contributed by atoms with van der Waals surface area (Å²) in [5.41, 5.74) is 4.51. The van der Waals surface area contributed by atoms with Crippen LogP contribution in [-0.2, 0) is 0 Å². The second-order valence-electron chi connectivity index (χ2n) is 9.41. The minimum atomic E-state index is -4.83. The van der Waals surface area contributed by atoms with Crippen molar-refractivity contribution in [2.75, 3.05) is 0 Å². The van der Waals surface area contributed by atoms with E-state index < -0.39 is 12.2 Å². The number of thiophene rings is 2. The molecule has 44 heavy (non-hydrogen) atoms. The molecule has 0 atom stereocenters. The highest BCUT2D eigenvalue weighted by Gasteiger charge is 2.39. The summed E-state index contributed by atoms with van der Waals surface area (Å²) in [7, 11) is 0. The van der Waals surface area contributed by atoms with E-state index in [2.05, 4.69) is 24.4 Å². The number of nitriles is 2. The number of nitrogens with zero attached hydrogens (tertiary/aromatic N) is 6. The number of halogens is 4. The molecule has 2 aliphatic rings. The van der Waals surface area contributed by atoms with E-state index in [0.29, 0.717) is 65.7 Å². The van der Waals surface area contributed by atoms with Crippen LogP contribution in [0, 0.1) is 41.6 Å². The van der Waals surface area contributed by atoms with Crippen LogP contribution in [0.4, 0.5) is 17.6 Å². The molecule has 0 spiro atoms. The fourth-order valence-corrected chi connectivity index (χ4v) is 8.39. The van der Waals surface area contributed by atoms with E-state index in [-0.39, 0.29) is 17.1 Å². The molecular weight excluding hydrogens is 613 g/mol. The standard InChI is InChI=1S/C31H8F4N6OS2/c1-38-19(9-36)21-17-7-14(13-3-5-16(6-4-13)42-31(33,34)35)11-40-25(17)23-27(21)43-30-24-26-18(8-15(32)12-41-26)22(20(10-37)39-2)28(24)44-29(23)30/h3-8,11-12H/b21-19-,22-20+. The lowest BCUT2D eigenvalue weighted by Crippen LogP contribution is -2.16. The van der Waals surface area contributed by atoms with Gasteiger partial charge in [-0.3, -0.25) is 9.97 Å². The topological polar surface area (TPSA) is 91.3 Å². The third-order valence-corrected chi connectivity index (χ3v) is 9.64. The van der Waals surface area contributed by atoms with Crippen LogP contribution in [0.2, 0.25) is 0 Å². The van der Waals surface area contributed by atoms with Gasteiger partial charge in [0, 0.05) is 54.9 Å². The highest BCUT2D eigenvalue weighted by Crippen LogP contribution is 2.61. The minimum Gasteiger partial charge on any atom is -0.406 e. The number of ether oxygens (including phenoxy) is 1. The quantitative estimate of drug-likeness (QED) is 0.109. The predicted octanol–water partition coefficient (Wildman–Crippen LogP) is 8.82. The van der Waals surface area contributed by atoms with E-state index in [4.69, 9.17) is 13.1 Å². The zero-order valence-electron chi connectivity index (χ0n) is 21.5. The van der Waals surface area contributed by atoms with Crippen molar-refractivity contribution >= 4 is 43.2 Å². The average Bonchev–Trinajstić information content (AvgIpc) is 3.70. The summed E-state index contributed by atoms with van der Waals surface area (Å²) in [6, 6.07) is 12.1. The molecule has 0 N–H and O–H groups in total. The third-order valence-electron chi connectivity index (χ3n) is 7.06. The maximum atomic E-state index is 14.2. The van der Waals surface area contributed by atoms with Gasteiger partial charge in [-0.25, -0.2) is 24.6 Å². The van der Waals surface area contributed by atoms with Crippen LogP contribution in [0.15, 0.2) is 60.2 Å². The highest BCUT2D eigenvalue weighted by molar-refractivity contribution is 7.31. The van der Waals surface area contributed by atoms with Gasteiger partial charge in [0.2, 0.25) is 0 Å². The van der Waals surface area contributed by atoms with Crippen LogP contribution in [0.25, 0.3) is 63.9 Å². The molecule has 4 heterocycles. The van der Waals surface area contributed by atoms with Gasteiger partial charge in [-0.1, -0.05) is 12.1 Å². The Morgan fingerprint density at radius 3 is 1.82 bits per heavy atom. The van der Waals surface area contributed by atoms with Gasteiger partial charge in [-0.15, -0.1) is 35.8 Å². The lowest BCUT2D eigenvalue weighted by atomic mass is 10.0. The molecule has 4 aromatic heterocycles. The second-order valence-corrected chi connectivity index (χ2v) is 11.4. The van der Waals surface area contributed by atoms with Gasteiger partial charge in [0.05, 0.1) is 52.3 Å². The summed E-state index contributed by atoms with van der Waals surface area (Å²) in [6.45, 7) is 15.2. The van der Waals surface area contributed by atoms with Crippen LogP contribution in [0.1, 0.15) is 20.9 Å². The van der Waals surface area contributed by atoms with Crippen molar-refractivity contribution in [2.45, 2.75) is 6.36 Å². The second kappa shape index (κ2) is 9.58. The summed E-state index contributed by atoms with van der Waals surface area (Å²) in [5.74, 6) is -0.989. The van der Waals surface area contributed by atoms with E-state index in [1.807, 2.05) is 12.1 Å². The summed E-state index contributed by atoms with van der Waals surface area (Å²) in [5, 5.41) is 19.6. The van der Waals surface area contributed by atoms with Crippen molar-refractivity contribution in [1.29, 1.82) is 10.5 Å². The molecular formula is C31H8F4N6OS2. The normalized spacial score (nSPS) is 14.8. The van der Waals surface area contributed by atoms with Gasteiger partial charge < -0.3 is 4.74 Å². The molecule has 0 unspecified atom stereocenters. The van der Waals surface area contributed by atoms with Crippen molar-refractivity contribution < 1.29 is 22.3 Å². The van der Waals surface area contributed by atoms with Gasteiger partial charge in [-0.2, -0.15) is 0 Å². The van der Waals surface area contributed by atoms with Crippen molar-refractivity contribution in [3.05, 3.63) is 110 Å².